The van der Waals surface area contributed by atoms with Gasteiger partial charge in [-0.1, -0.05) is 12.8 Å². The van der Waals surface area contributed by atoms with Crippen molar-refractivity contribution in [3.05, 3.63) is 46.0 Å². The van der Waals surface area contributed by atoms with E-state index in [0.29, 0.717) is 41.5 Å². The summed E-state index contributed by atoms with van der Waals surface area (Å²) in [4.78, 5) is 56.7. The normalized spacial score (nSPS) is 16.8. The van der Waals surface area contributed by atoms with Crippen molar-refractivity contribution in [2.75, 3.05) is 49.6 Å². The van der Waals surface area contributed by atoms with Gasteiger partial charge in [0.05, 0.1) is 24.0 Å². The zero-order valence-electron chi connectivity index (χ0n) is 22.1. The maximum Gasteiger partial charge on any atom is 0.317 e. The number of aryl methyl sites for hydroxylation is 1. The number of aromatic nitrogens is 4. The highest BCUT2D eigenvalue weighted by atomic mass is 16.4. The van der Waals surface area contributed by atoms with Crippen LogP contribution in [0.25, 0.3) is 11.0 Å². The van der Waals surface area contributed by atoms with Crippen LogP contribution in [-0.2, 0) is 4.79 Å². The number of rotatable bonds is 7. The smallest absolute Gasteiger partial charge is 0.317 e. The third-order valence-corrected chi connectivity index (χ3v) is 7.71. The number of carbonyl (C=O) groups is 2. The number of ketones is 1. The molecule has 2 aliphatic rings. The van der Waals surface area contributed by atoms with Crippen LogP contribution in [0.2, 0.25) is 0 Å². The van der Waals surface area contributed by atoms with Crippen molar-refractivity contribution in [3.63, 3.8) is 0 Å². The van der Waals surface area contributed by atoms with Crippen molar-refractivity contribution >= 4 is 40.2 Å². The molecule has 1 N–H and O–H groups in total. The summed E-state index contributed by atoms with van der Waals surface area (Å²) >= 11 is 0. The maximum absolute atomic E-state index is 13.5. The summed E-state index contributed by atoms with van der Waals surface area (Å²) in [5, 5.41) is 9.72. The predicted molar refractivity (Wildman–Crippen MR) is 145 cm³/mol. The number of carbonyl (C=O) groups excluding carboxylic acids is 1. The van der Waals surface area contributed by atoms with Crippen molar-refractivity contribution < 1.29 is 14.7 Å². The fourth-order valence-corrected chi connectivity index (χ4v) is 5.62. The molecule has 0 amide bonds. The Morgan fingerprint density at radius 3 is 2.39 bits per heavy atom. The van der Waals surface area contributed by atoms with Gasteiger partial charge in [-0.05, 0) is 44.4 Å². The molecule has 0 aromatic carbocycles. The van der Waals surface area contributed by atoms with Crippen molar-refractivity contribution in [2.45, 2.75) is 45.6 Å². The summed E-state index contributed by atoms with van der Waals surface area (Å²) in [7, 11) is 1.84. The third-order valence-electron chi connectivity index (χ3n) is 7.71. The number of hydrogen-bond acceptors (Lipinski definition) is 9. The van der Waals surface area contributed by atoms with E-state index in [4.69, 9.17) is 10.1 Å². The molecule has 1 aliphatic carbocycles. The lowest BCUT2D eigenvalue weighted by molar-refractivity contribution is -0.138. The second-order valence-electron chi connectivity index (χ2n) is 10.2. The molecule has 200 valence electrons. The molecule has 0 atom stereocenters. The largest absolute Gasteiger partial charge is 0.480 e. The Morgan fingerprint density at radius 1 is 1.08 bits per heavy atom. The summed E-state index contributed by atoms with van der Waals surface area (Å²) in [6.07, 6.45) is 7.37. The van der Waals surface area contributed by atoms with Gasteiger partial charge in [-0.2, -0.15) is 4.98 Å². The summed E-state index contributed by atoms with van der Waals surface area (Å²) in [6, 6.07) is 3.91. The fraction of sp³-hybridized carbons (Fsp3) is 0.481. The van der Waals surface area contributed by atoms with Crippen LogP contribution in [-0.4, -0.2) is 81.0 Å². The first-order valence-corrected chi connectivity index (χ1v) is 13.1. The lowest BCUT2D eigenvalue weighted by Gasteiger charge is -2.35. The van der Waals surface area contributed by atoms with Gasteiger partial charge in [0, 0.05) is 50.9 Å². The van der Waals surface area contributed by atoms with Crippen molar-refractivity contribution in [1.82, 2.24) is 24.4 Å². The Labute approximate surface area is 220 Å². The first-order valence-electron chi connectivity index (χ1n) is 13.1. The van der Waals surface area contributed by atoms with Crippen LogP contribution in [0.4, 0.5) is 17.5 Å². The number of nitrogens with zero attached hydrogens (tertiary/aromatic N) is 7. The first-order chi connectivity index (χ1) is 18.2. The van der Waals surface area contributed by atoms with Crippen LogP contribution >= 0.6 is 0 Å². The van der Waals surface area contributed by atoms with Crippen LogP contribution in [0.3, 0.4) is 0 Å². The van der Waals surface area contributed by atoms with E-state index in [-0.39, 0.29) is 29.5 Å². The topological polar surface area (TPSA) is 125 Å². The maximum atomic E-state index is 13.5. The van der Waals surface area contributed by atoms with Gasteiger partial charge in [0.1, 0.15) is 11.5 Å². The number of anilines is 3. The standard InChI is InChI=1S/C27H33N7O4/c1-17-21-15-29-27(30-25(21)34(19-6-4-5-7-19)26(38)24(17)18(2)35)31(3)22-9-8-20(14-28-22)33-12-10-32(11-13-33)16-23(36)37/h8-9,14-15,19H,4-7,10-13,16H2,1-3H3,(H,36,37). The molecule has 1 saturated carbocycles. The van der Waals surface area contributed by atoms with E-state index in [2.05, 4.69) is 14.9 Å². The third kappa shape index (κ3) is 4.85. The summed E-state index contributed by atoms with van der Waals surface area (Å²) in [6.45, 7) is 6.12. The summed E-state index contributed by atoms with van der Waals surface area (Å²) in [5.74, 6) is 0.0265. The van der Waals surface area contributed by atoms with Crippen LogP contribution < -0.4 is 15.4 Å². The van der Waals surface area contributed by atoms with E-state index in [1.165, 1.54) is 6.92 Å². The zero-order chi connectivity index (χ0) is 27.0. The van der Waals surface area contributed by atoms with E-state index in [9.17, 15) is 14.4 Å². The number of aliphatic carboxylic acids is 1. The molecule has 3 aromatic heterocycles. The zero-order valence-corrected chi connectivity index (χ0v) is 22.1. The molecule has 0 radical (unpaired) electrons. The average molecular weight is 520 g/mol. The van der Waals surface area contributed by atoms with Crippen molar-refractivity contribution in [2.24, 2.45) is 0 Å². The molecule has 1 saturated heterocycles. The van der Waals surface area contributed by atoms with E-state index in [1.807, 2.05) is 24.1 Å². The van der Waals surface area contributed by atoms with E-state index < -0.39 is 5.97 Å². The molecule has 3 aromatic rings. The molecular weight excluding hydrogens is 486 g/mol. The number of fused-ring (bicyclic) bond motifs is 1. The van der Waals surface area contributed by atoms with E-state index >= 15 is 0 Å². The minimum Gasteiger partial charge on any atom is -0.480 e. The summed E-state index contributed by atoms with van der Waals surface area (Å²) < 4.78 is 1.71. The highest BCUT2D eigenvalue weighted by molar-refractivity contribution is 5.99. The number of piperazine rings is 1. The second kappa shape index (κ2) is 10.5. The monoisotopic (exact) mass is 519 g/mol. The van der Waals surface area contributed by atoms with Crippen molar-refractivity contribution in [3.8, 4) is 0 Å². The Kier molecular flexibility index (Phi) is 7.11. The molecule has 5 rings (SSSR count). The second-order valence-corrected chi connectivity index (χ2v) is 10.2. The first kappa shape index (κ1) is 25.8. The minimum atomic E-state index is -0.807. The average Bonchev–Trinajstić information content (AvgIpc) is 3.42. The van der Waals surface area contributed by atoms with Gasteiger partial charge < -0.3 is 10.0 Å². The number of hydrogen-bond donors (Lipinski definition) is 1. The van der Waals surface area contributed by atoms with Crippen LogP contribution in [0.15, 0.2) is 29.3 Å². The fourth-order valence-electron chi connectivity index (χ4n) is 5.62. The quantitative estimate of drug-likeness (QED) is 0.466. The Balaban J connectivity index is 1.43. The number of carboxylic acids is 1. The van der Waals surface area contributed by atoms with Gasteiger partial charge in [-0.15, -0.1) is 0 Å². The molecule has 1 aliphatic heterocycles. The number of carboxylic acid groups (broad SMARTS) is 1. The highest BCUT2D eigenvalue weighted by Crippen LogP contribution is 2.32. The molecule has 11 nitrogen and oxygen atoms in total. The SMILES string of the molecule is CC(=O)c1c(C)c2cnc(N(C)c3ccc(N4CCN(CC(=O)O)CC4)cn3)nc2n(C2CCCC2)c1=O. The summed E-state index contributed by atoms with van der Waals surface area (Å²) in [5.41, 5.74) is 2.09. The molecular formula is C27H33N7O4. The number of Topliss-reactive ketones (excluding diaryl/α,β-unsaturated/α-hetero) is 1. The number of pyridine rings is 2. The predicted octanol–water partition coefficient (Wildman–Crippen LogP) is 2.79. The van der Waals surface area contributed by atoms with Crippen LogP contribution in [0.5, 0.6) is 0 Å². The lowest BCUT2D eigenvalue weighted by Crippen LogP contribution is -2.48. The molecule has 0 unspecified atom stereocenters. The molecule has 0 bridgehead atoms. The van der Waals surface area contributed by atoms with Crippen LogP contribution in [0.1, 0.15) is 54.6 Å². The van der Waals surface area contributed by atoms with E-state index in [0.717, 1.165) is 44.5 Å². The Morgan fingerprint density at radius 2 is 1.79 bits per heavy atom. The molecule has 11 heteroatoms. The molecule has 2 fully saturated rings. The minimum absolute atomic E-state index is 0.0186. The van der Waals surface area contributed by atoms with Gasteiger partial charge in [0.25, 0.3) is 5.56 Å². The van der Waals surface area contributed by atoms with Gasteiger partial charge >= 0.3 is 5.97 Å². The van der Waals surface area contributed by atoms with Crippen molar-refractivity contribution in [1.29, 1.82) is 0 Å². The highest BCUT2D eigenvalue weighted by Gasteiger charge is 2.26. The molecule has 38 heavy (non-hydrogen) atoms. The Hall–Kier alpha value is -3.86. The van der Waals surface area contributed by atoms with Gasteiger partial charge in [0.2, 0.25) is 5.95 Å². The molecule has 0 spiro atoms. The van der Waals surface area contributed by atoms with E-state index in [1.54, 1.807) is 28.8 Å². The lowest BCUT2D eigenvalue weighted by atomic mass is 10.0. The molecule has 4 heterocycles. The van der Waals surface area contributed by atoms with Gasteiger partial charge in [0.15, 0.2) is 5.78 Å². The van der Waals surface area contributed by atoms with Crippen LogP contribution in [0, 0.1) is 6.92 Å². The van der Waals surface area contributed by atoms with Gasteiger partial charge in [-0.25, -0.2) is 9.97 Å². The Bertz CT molecular complexity index is 1420. The van der Waals surface area contributed by atoms with Gasteiger partial charge in [-0.3, -0.25) is 28.8 Å².